The molecule has 0 saturated carbocycles. The highest BCUT2D eigenvalue weighted by Crippen LogP contribution is 2.35. The van der Waals surface area contributed by atoms with Crippen LogP contribution in [0, 0.1) is 0 Å². The van der Waals surface area contributed by atoms with Gasteiger partial charge in [-0.15, -0.1) is 0 Å². The zero-order chi connectivity index (χ0) is 16.6. The molecule has 1 aromatic heterocycles. The maximum atomic E-state index is 12.3. The van der Waals surface area contributed by atoms with E-state index in [-0.39, 0.29) is 5.56 Å². The molecule has 0 saturated heterocycles. The predicted octanol–water partition coefficient (Wildman–Crippen LogP) is 4.06. The van der Waals surface area contributed by atoms with Gasteiger partial charge in [0, 0.05) is 11.5 Å². The molecule has 4 nitrogen and oxygen atoms in total. The summed E-state index contributed by atoms with van der Waals surface area (Å²) in [4.78, 5) is 15.2. The molecule has 2 heterocycles. The summed E-state index contributed by atoms with van der Waals surface area (Å²) in [7, 11) is 0. The number of benzene rings is 1. The Morgan fingerprint density at radius 1 is 1.35 bits per heavy atom. The number of aromatic nitrogens is 1. The molecule has 2 aromatic rings. The van der Waals surface area contributed by atoms with Crippen molar-refractivity contribution in [3.63, 3.8) is 0 Å². The molecule has 0 amide bonds. The van der Waals surface area contributed by atoms with Crippen LogP contribution >= 0.6 is 0 Å². The van der Waals surface area contributed by atoms with E-state index in [0.717, 1.165) is 16.7 Å². The number of pyridine rings is 1. The summed E-state index contributed by atoms with van der Waals surface area (Å²) >= 11 is 0. The summed E-state index contributed by atoms with van der Waals surface area (Å²) in [6.45, 7) is 8.50. The minimum atomic E-state index is -0.424. The van der Waals surface area contributed by atoms with E-state index >= 15 is 0 Å². The SMILES string of the molecule is CC(C)=CCOc1ccc2c3c(c(=O)[nH]c2c1)C=CC(C)(C)O3. The smallest absolute Gasteiger partial charge is 0.259 e. The molecule has 0 atom stereocenters. The van der Waals surface area contributed by atoms with Crippen LogP contribution in [-0.2, 0) is 0 Å². The van der Waals surface area contributed by atoms with Gasteiger partial charge in [-0.05, 0) is 58.1 Å². The van der Waals surface area contributed by atoms with Gasteiger partial charge in [-0.3, -0.25) is 4.79 Å². The number of nitrogens with one attached hydrogen (secondary N) is 1. The first-order valence-corrected chi connectivity index (χ1v) is 7.70. The maximum absolute atomic E-state index is 12.3. The number of allylic oxidation sites excluding steroid dienone is 1. The number of ether oxygens (including phenoxy) is 2. The second-order valence-corrected chi connectivity index (χ2v) is 6.54. The van der Waals surface area contributed by atoms with Gasteiger partial charge in [-0.25, -0.2) is 0 Å². The molecule has 23 heavy (non-hydrogen) atoms. The highest BCUT2D eigenvalue weighted by molar-refractivity contribution is 5.90. The Bertz CT molecular complexity index is 868. The van der Waals surface area contributed by atoms with Gasteiger partial charge in [0.25, 0.3) is 5.56 Å². The third kappa shape index (κ3) is 3.16. The average molecular weight is 311 g/mol. The van der Waals surface area contributed by atoms with Gasteiger partial charge in [-0.2, -0.15) is 0 Å². The molecule has 0 unspecified atom stereocenters. The van der Waals surface area contributed by atoms with Crippen molar-refractivity contribution in [1.29, 1.82) is 0 Å². The number of H-pyrrole nitrogens is 1. The van der Waals surface area contributed by atoms with Crippen molar-refractivity contribution in [3.05, 3.63) is 51.8 Å². The summed E-state index contributed by atoms with van der Waals surface area (Å²) in [6, 6.07) is 5.66. The Labute approximate surface area is 135 Å². The average Bonchev–Trinajstić information content (AvgIpc) is 2.45. The molecule has 3 rings (SSSR count). The van der Waals surface area contributed by atoms with Crippen LogP contribution in [0.5, 0.6) is 11.5 Å². The highest BCUT2D eigenvalue weighted by atomic mass is 16.5. The maximum Gasteiger partial charge on any atom is 0.259 e. The third-order valence-corrected chi connectivity index (χ3v) is 3.73. The third-order valence-electron chi connectivity index (χ3n) is 3.73. The molecule has 0 spiro atoms. The first-order chi connectivity index (χ1) is 10.9. The fourth-order valence-electron chi connectivity index (χ4n) is 2.50. The summed E-state index contributed by atoms with van der Waals surface area (Å²) in [5.41, 5.74) is 1.91. The van der Waals surface area contributed by atoms with E-state index in [2.05, 4.69) is 4.98 Å². The van der Waals surface area contributed by atoms with Crippen molar-refractivity contribution >= 4 is 17.0 Å². The second kappa shape index (κ2) is 5.61. The van der Waals surface area contributed by atoms with Crippen LogP contribution in [0.1, 0.15) is 33.3 Å². The van der Waals surface area contributed by atoms with Gasteiger partial charge in [0.05, 0.1) is 11.1 Å². The summed E-state index contributed by atoms with van der Waals surface area (Å²) < 4.78 is 11.7. The Hall–Kier alpha value is -2.49. The van der Waals surface area contributed by atoms with Crippen molar-refractivity contribution in [2.75, 3.05) is 6.61 Å². The molecule has 4 heteroatoms. The number of rotatable bonds is 3. The van der Waals surface area contributed by atoms with Crippen LogP contribution in [0.25, 0.3) is 17.0 Å². The van der Waals surface area contributed by atoms with Crippen LogP contribution in [0.4, 0.5) is 0 Å². The molecule has 0 bridgehead atoms. The van der Waals surface area contributed by atoms with Gasteiger partial charge >= 0.3 is 0 Å². The van der Waals surface area contributed by atoms with E-state index < -0.39 is 5.60 Å². The standard InChI is InChI=1S/C19H21NO3/c1-12(2)8-10-22-13-5-6-14-16(11-13)20-18(21)15-7-9-19(3,4)23-17(14)15/h5-9,11H,10H2,1-4H3,(H,20,21). The van der Waals surface area contributed by atoms with Gasteiger partial charge in [-0.1, -0.05) is 5.57 Å². The Balaban J connectivity index is 2.04. The summed E-state index contributed by atoms with van der Waals surface area (Å²) in [6.07, 6.45) is 5.74. The van der Waals surface area contributed by atoms with Gasteiger partial charge < -0.3 is 14.5 Å². The molecular formula is C19H21NO3. The molecule has 1 aliphatic rings. The van der Waals surface area contributed by atoms with E-state index in [9.17, 15) is 4.79 Å². The predicted molar refractivity (Wildman–Crippen MR) is 93.2 cm³/mol. The lowest BCUT2D eigenvalue weighted by atomic mass is 10.0. The van der Waals surface area contributed by atoms with Crippen LogP contribution in [0.3, 0.4) is 0 Å². The van der Waals surface area contributed by atoms with Crippen LogP contribution in [0.15, 0.2) is 40.7 Å². The minimum absolute atomic E-state index is 0.152. The van der Waals surface area contributed by atoms with Crippen molar-refractivity contribution in [1.82, 2.24) is 4.98 Å². The number of aromatic amines is 1. The van der Waals surface area contributed by atoms with E-state index in [1.807, 2.05) is 64.1 Å². The van der Waals surface area contributed by atoms with Crippen LogP contribution in [-0.4, -0.2) is 17.2 Å². The zero-order valence-electron chi connectivity index (χ0n) is 13.9. The van der Waals surface area contributed by atoms with E-state index in [1.54, 1.807) is 0 Å². The van der Waals surface area contributed by atoms with Crippen molar-refractivity contribution in [2.45, 2.75) is 33.3 Å². The Kier molecular flexibility index (Phi) is 3.76. The lowest BCUT2D eigenvalue weighted by molar-refractivity contribution is 0.161. The molecular weight excluding hydrogens is 290 g/mol. The minimum Gasteiger partial charge on any atom is -0.489 e. The number of hydrogen-bond acceptors (Lipinski definition) is 3. The quantitative estimate of drug-likeness (QED) is 0.870. The normalized spacial score (nSPS) is 15.0. The fraction of sp³-hybridized carbons (Fsp3) is 0.316. The molecule has 0 fully saturated rings. The summed E-state index contributed by atoms with van der Waals surface area (Å²) in [5.74, 6) is 1.35. The summed E-state index contributed by atoms with van der Waals surface area (Å²) in [5, 5.41) is 0.881. The number of hydrogen-bond donors (Lipinski definition) is 1. The van der Waals surface area contributed by atoms with Gasteiger partial charge in [0.2, 0.25) is 0 Å². The largest absolute Gasteiger partial charge is 0.489 e. The van der Waals surface area contributed by atoms with Crippen LogP contribution < -0.4 is 15.0 Å². The van der Waals surface area contributed by atoms with Crippen molar-refractivity contribution in [3.8, 4) is 11.5 Å². The van der Waals surface area contributed by atoms with E-state index in [4.69, 9.17) is 9.47 Å². The molecule has 1 aromatic carbocycles. The topological polar surface area (TPSA) is 51.3 Å². The monoisotopic (exact) mass is 311 g/mol. The Morgan fingerprint density at radius 3 is 2.87 bits per heavy atom. The molecule has 1 N–H and O–H groups in total. The molecule has 120 valence electrons. The van der Waals surface area contributed by atoms with E-state index in [0.29, 0.717) is 17.9 Å². The number of fused-ring (bicyclic) bond motifs is 3. The van der Waals surface area contributed by atoms with Gasteiger partial charge in [0.1, 0.15) is 23.7 Å². The van der Waals surface area contributed by atoms with Gasteiger partial charge in [0.15, 0.2) is 0 Å². The fourth-order valence-corrected chi connectivity index (χ4v) is 2.50. The first kappa shape index (κ1) is 15.4. The first-order valence-electron chi connectivity index (χ1n) is 7.70. The highest BCUT2D eigenvalue weighted by Gasteiger charge is 2.25. The second-order valence-electron chi connectivity index (χ2n) is 6.54. The van der Waals surface area contributed by atoms with Crippen molar-refractivity contribution in [2.24, 2.45) is 0 Å². The molecule has 0 aliphatic carbocycles. The lowest BCUT2D eigenvalue weighted by Gasteiger charge is -2.28. The molecule has 0 radical (unpaired) electrons. The zero-order valence-corrected chi connectivity index (χ0v) is 13.9. The van der Waals surface area contributed by atoms with Crippen molar-refractivity contribution < 1.29 is 9.47 Å². The van der Waals surface area contributed by atoms with E-state index in [1.165, 1.54) is 5.57 Å². The lowest BCUT2D eigenvalue weighted by Crippen LogP contribution is -2.30. The van der Waals surface area contributed by atoms with Crippen LogP contribution in [0.2, 0.25) is 0 Å². The Morgan fingerprint density at radius 2 is 2.13 bits per heavy atom. The molecule has 1 aliphatic heterocycles.